The topological polar surface area (TPSA) is 42.4 Å². The maximum absolute atomic E-state index is 11.7. The Labute approximate surface area is 126 Å². The number of rotatable bonds is 2. The molecular weight excluding hydrogens is 264 g/mol. The van der Waals surface area contributed by atoms with Crippen molar-refractivity contribution >= 4 is 11.8 Å². The standard InChI is InChI=1S/C17H24N2O2/c1-11-10-19(15-7-5-4-6-13(11)15)16-9-8-14(12(2)18-16)17(20)21-3/h8-9,11,13,15H,4-7,10H2,1-3H3. The van der Waals surface area contributed by atoms with Crippen LogP contribution in [0.5, 0.6) is 0 Å². The molecule has 21 heavy (non-hydrogen) atoms. The summed E-state index contributed by atoms with van der Waals surface area (Å²) in [5, 5.41) is 0. The molecule has 0 amide bonds. The highest BCUT2D eigenvalue weighted by Gasteiger charge is 2.41. The summed E-state index contributed by atoms with van der Waals surface area (Å²) < 4.78 is 4.79. The maximum Gasteiger partial charge on any atom is 0.339 e. The van der Waals surface area contributed by atoms with Crippen molar-refractivity contribution in [2.45, 2.75) is 45.6 Å². The Balaban J connectivity index is 1.87. The van der Waals surface area contributed by atoms with Gasteiger partial charge in [0.25, 0.3) is 0 Å². The summed E-state index contributed by atoms with van der Waals surface area (Å²) in [6, 6.07) is 4.46. The number of fused-ring (bicyclic) bond motifs is 1. The van der Waals surface area contributed by atoms with E-state index in [1.54, 1.807) is 0 Å². The van der Waals surface area contributed by atoms with Gasteiger partial charge in [-0.15, -0.1) is 0 Å². The smallest absolute Gasteiger partial charge is 0.339 e. The number of methoxy groups -OCH3 is 1. The van der Waals surface area contributed by atoms with Crippen LogP contribution in [0.1, 0.15) is 48.7 Å². The lowest BCUT2D eigenvalue weighted by molar-refractivity contribution is 0.0599. The number of hydrogen-bond acceptors (Lipinski definition) is 4. The molecule has 0 radical (unpaired) electrons. The molecule has 1 aromatic heterocycles. The molecule has 114 valence electrons. The van der Waals surface area contributed by atoms with E-state index in [4.69, 9.17) is 4.74 Å². The predicted octanol–water partition coefficient (Wildman–Crippen LogP) is 3.19. The number of esters is 1. The molecule has 0 bridgehead atoms. The number of ether oxygens (including phenoxy) is 1. The van der Waals surface area contributed by atoms with Gasteiger partial charge in [0, 0.05) is 12.6 Å². The number of pyridine rings is 1. The van der Waals surface area contributed by atoms with E-state index in [9.17, 15) is 4.79 Å². The van der Waals surface area contributed by atoms with Crippen LogP contribution in [0.25, 0.3) is 0 Å². The third-order valence-electron chi connectivity index (χ3n) is 5.17. The van der Waals surface area contributed by atoms with Gasteiger partial charge in [0.15, 0.2) is 0 Å². The first kappa shape index (κ1) is 14.4. The Morgan fingerprint density at radius 3 is 2.81 bits per heavy atom. The molecule has 1 saturated carbocycles. The fraction of sp³-hybridized carbons (Fsp3) is 0.647. The van der Waals surface area contributed by atoms with Gasteiger partial charge in [-0.05, 0) is 43.7 Å². The zero-order valence-corrected chi connectivity index (χ0v) is 13.1. The average molecular weight is 288 g/mol. The van der Waals surface area contributed by atoms with Crippen LogP contribution >= 0.6 is 0 Å². The van der Waals surface area contributed by atoms with Crippen molar-refractivity contribution in [2.24, 2.45) is 11.8 Å². The van der Waals surface area contributed by atoms with Gasteiger partial charge >= 0.3 is 5.97 Å². The van der Waals surface area contributed by atoms with E-state index >= 15 is 0 Å². The van der Waals surface area contributed by atoms with Gasteiger partial charge in [-0.3, -0.25) is 0 Å². The molecule has 2 fully saturated rings. The van der Waals surface area contributed by atoms with Crippen LogP contribution in [-0.4, -0.2) is 30.6 Å². The van der Waals surface area contributed by atoms with E-state index in [-0.39, 0.29) is 5.97 Å². The summed E-state index contributed by atoms with van der Waals surface area (Å²) in [5.74, 6) is 2.25. The van der Waals surface area contributed by atoms with Crippen LogP contribution in [0, 0.1) is 18.8 Å². The molecule has 2 heterocycles. The van der Waals surface area contributed by atoms with Crippen LogP contribution < -0.4 is 4.90 Å². The number of aryl methyl sites for hydroxylation is 1. The predicted molar refractivity (Wildman–Crippen MR) is 82.6 cm³/mol. The molecule has 2 aliphatic rings. The number of aromatic nitrogens is 1. The number of hydrogen-bond donors (Lipinski definition) is 0. The Hall–Kier alpha value is -1.58. The first-order valence-corrected chi connectivity index (χ1v) is 7.94. The fourth-order valence-electron chi connectivity index (χ4n) is 4.07. The highest BCUT2D eigenvalue weighted by molar-refractivity contribution is 5.90. The quantitative estimate of drug-likeness (QED) is 0.784. The summed E-state index contributed by atoms with van der Waals surface area (Å²) in [7, 11) is 1.41. The monoisotopic (exact) mass is 288 g/mol. The van der Waals surface area contributed by atoms with Gasteiger partial charge in [-0.1, -0.05) is 19.8 Å². The van der Waals surface area contributed by atoms with Crippen LogP contribution in [0.15, 0.2) is 12.1 Å². The van der Waals surface area contributed by atoms with Gasteiger partial charge in [-0.2, -0.15) is 0 Å². The third-order valence-corrected chi connectivity index (χ3v) is 5.17. The summed E-state index contributed by atoms with van der Waals surface area (Å²) >= 11 is 0. The fourth-order valence-corrected chi connectivity index (χ4v) is 4.07. The molecule has 3 unspecified atom stereocenters. The summed E-state index contributed by atoms with van der Waals surface area (Å²) in [5.41, 5.74) is 1.32. The minimum atomic E-state index is -0.308. The van der Waals surface area contributed by atoms with Crippen molar-refractivity contribution in [3.8, 4) is 0 Å². The highest BCUT2D eigenvalue weighted by Crippen LogP contribution is 2.41. The largest absolute Gasteiger partial charge is 0.465 e. The molecular formula is C17H24N2O2. The maximum atomic E-state index is 11.7. The lowest BCUT2D eigenvalue weighted by Crippen LogP contribution is -2.35. The lowest BCUT2D eigenvalue weighted by Gasteiger charge is -2.33. The van der Waals surface area contributed by atoms with E-state index in [1.165, 1.54) is 32.8 Å². The molecule has 1 saturated heterocycles. The van der Waals surface area contributed by atoms with Gasteiger partial charge in [0.05, 0.1) is 18.4 Å². The first-order valence-electron chi connectivity index (χ1n) is 7.94. The van der Waals surface area contributed by atoms with Crippen LogP contribution in [0.2, 0.25) is 0 Å². The zero-order valence-electron chi connectivity index (χ0n) is 13.1. The molecule has 0 aromatic carbocycles. The van der Waals surface area contributed by atoms with Gasteiger partial charge in [0.2, 0.25) is 0 Å². The van der Waals surface area contributed by atoms with Crippen molar-refractivity contribution in [2.75, 3.05) is 18.6 Å². The molecule has 0 N–H and O–H groups in total. The lowest BCUT2D eigenvalue weighted by atomic mass is 9.80. The summed E-state index contributed by atoms with van der Waals surface area (Å²) in [4.78, 5) is 18.8. The van der Waals surface area contributed by atoms with Crippen LogP contribution in [0.3, 0.4) is 0 Å². The first-order chi connectivity index (χ1) is 10.1. The van der Waals surface area contributed by atoms with E-state index < -0.39 is 0 Å². The SMILES string of the molecule is COC(=O)c1ccc(N2CC(C)C3CCCCC32)nc1C. The van der Waals surface area contributed by atoms with Crippen molar-refractivity contribution in [3.63, 3.8) is 0 Å². The molecule has 1 aromatic rings. The number of carbonyl (C=O) groups excluding carboxylic acids is 1. The highest BCUT2D eigenvalue weighted by atomic mass is 16.5. The van der Waals surface area contributed by atoms with Crippen molar-refractivity contribution in [3.05, 3.63) is 23.4 Å². The summed E-state index contributed by atoms with van der Waals surface area (Å²) in [6.07, 6.45) is 5.31. The normalized spacial score (nSPS) is 28.3. The molecule has 4 nitrogen and oxygen atoms in total. The summed E-state index contributed by atoms with van der Waals surface area (Å²) in [6.45, 7) is 5.33. The van der Waals surface area contributed by atoms with Gasteiger partial charge in [0.1, 0.15) is 5.82 Å². The van der Waals surface area contributed by atoms with Crippen molar-refractivity contribution < 1.29 is 9.53 Å². The van der Waals surface area contributed by atoms with E-state index in [2.05, 4.69) is 16.8 Å². The number of carbonyl (C=O) groups is 1. The molecule has 3 atom stereocenters. The van der Waals surface area contributed by atoms with Crippen molar-refractivity contribution in [1.82, 2.24) is 4.98 Å². The van der Waals surface area contributed by atoms with E-state index in [0.29, 0.717) is 11.6 Å². The number of nitrogens with zero attached hydrogens (tertiary/aromatic N) is 2. The Kier molecular flexibility index (Phi) is 3.87. The van der Waals surface area contributed by atoms with Gasteiger partial charge in [-0.25, -0.2) is 9.78 Å². The second-order valence-corrected chi connectivity index (χ2v) is 6.44. The Morgan fingerprint density at radius 2 is 2.10 bits per heavy atom. The molecule has 1 aliphatic carbocycles. The number of anilines is 1. The molecule has 0 spiro atoms. The van der Waals surface area contributed by atoms with Gasteiger partial charge < -0.3 is 9.64 Å². The second-order valence-electron chi connectivity index (χ2n) is 6.44. The van der Waals surface area contributed by atoms with Crippen molar-refractivity contribution in [1.29, 1.82) is 0 Å². The molecule has 1 aliphatic heterocycles. The Bertz CT molecular complexity index is 544. The molecule has 3 rings (SSSR count). The minimum Gasteiger partial charge on any atom is -0.465 e. The third kappa shape index (κ3) is 2.52. The zero-order chi connectivity index (χ0) is 15.0. The molecule has 4 heteroatoms. The van der Waals surface area contributed by atoms with Crippen LogP contribution in [0.4, 0.5) is 5.82 Å². The average Bonchev–Trinajstić information content (AvgIpc) is 2.84. The minimum absolute atomic E-state index is 0.308. The van der Waals surface area contributed by atoms with E-state index in [1.807, 2.05) is 19.1 Å². The van der Waals surface area contributed by atoms with E-state index in [0.717, 1.165) is 29.9 Å². The second kappa shape index (κ2) is 5.66. The Morgan fingerprint density at radius 1 is 1.33 bits per heavy atom. The van der Waals surface area contributed by atoms with Crippen LogP contribution in [-0.2, 0) is 4.74 Å².